The van der Waals surface area contributed by atoms with Gasteiger partial charge in [-0.25, -0.2) is 8.42 Å². The molecule has 0 radical (unpaired) electrons. The van der Waals surface area contributed by atoms with Gasteiger partial charge in [-0.2, -0.15) is 4.31 Å². The first kappa shape index (κ1) is 23.6. The van der Waals surface area contributed by atoms with Gasteiger partial charge in [-0.3, -0.25) is 4.79 Å². The van der Waals surface area contributed by atoms with E-state index in [2.05, 4.69) is 20.8 Å². The molecule has 1 aliphatic heterocycles. The van der Waals surface area contributed by atoms with Gasteiger partial charge in [0.15, 0.2) is 5.78 Å². The summed E-state index contributed by atoms with van der Waals surface area (Å²) in [6.45, 7) is 6.86. The summed E-state index contributed by atoms with van der Waals surface area (Å²) in [4.78, 5) is 24.4. The zero-order valence-corrected chi connectivity index (χ0v) is 20.3. The van der Waals surface area contributed by atoms with Gasteiger partial charge in [0.05, 0.1) is 10.8 Å². The number of rotatable bonds is 5. The van der Waals surface area contributed by atoms with Crippen LogP contribution in [0.5, 0.6) is 0 Å². The molecule has 6 heteroatoms. The molecule has 1 aliphatic carbocycles. The third-order valence-electron chi connectivity index (χ3n) is 6.99. The summed E-state index contributed by atoms with van der Waals surface area (Å²) in [6, 6.07) is 17.0. The van der Waals surface area contributed by atoms with Crippen molar-refractivity contribution < 1.29 is 18.0 Å². The second-order valence-electron chi connectivity index (χ2n) is 10.3. The molecule has 2 atom stereocenters. The average molecular weight is 466 g/mol. The lowest BCUT2D eigenvalue weighted by atomic mass is 9.63. The first-order chi connectivity index (χ1) is 15.5. The fraction of sp³-hybridized carbons (Fsp3) is 0.407. The molecular weight excluding hydrogens is 434 g/mol. The topological polar surface area (TPSA) is 71.5 Å². The number of benzene rings is 2. The molecule has 2 aromatic rings. The van der Waals surface area contributed by atoms with Gasteiger partial charge < -0.3 is 4.79 Å². The molecule has 0 spiro atoms. The quantitative estimate of drug-likeness (QED) is 0.487. The van der Waals surface area contributed by atoms with Crippen LogP contribution in [-0.2, 0) is 31.4 Å². The summed E-state index contributed by atoms with van der Waals surface area (Å²) in [6.07, 6.45) is 3.73. The summed E-state index contributed by atoms with van der Waals surface area (Å²) in [5.74, 6) is -0.899. The lowest BCUT2D eigenvalue weighted by Crippen LogP contribution is -2.51. The Morgan fingerprint density at radius 2 is 1.73 bits per heavy atom. The third-order valence-corrected chi connectivity index (χ3v) is 8.85. The Morgan fingerprint density at radius 3 is 2.33 bits per heavy atom. The Labute approximate surface area is 196 Å². The maximum atomic E-state index is 13.6. The van der Waals surface area contributed by atoms with Gasteiger partial charge in [0.2, 0.25) is 10.0 Å². The van der Waals surface area contributed by atoms with Gasteiger partial charge in [-0.15, -0.1) is 0 Å². The summed E-state index contributed by atoms with van der Waals surface area (Å²) >= 11 is 0. The van der Waals surface area contributed by atoms with Gasteiger partial charge in [0, 0.05) is 18.5 Å². The molecule has 1 unspecified atom stereocenters. The summed E-state index contributed by atoms with van der Waals surface area (Å²) in [5, 5.41) is 0. The number of carbonyl (C=O) groups is 2. The number of piperidine rings is 1. The van der Waals surface area contributed by atoms with Gasteiger partial charge in [0.25, 0.3) is 0 Å². The van der Waals surface area contributed by atoms with E-state index in [4.69, 9.17) is 0 Å². The van der Waals surface area contributed by atoms with Crippen LogP contribution in [-0.4, -0.2) is 37.9 Å². The molecule has 0 N–H and O–H groups in total. The normalized spacial score (nSPS) is 24.2. The molecule has 33 heavy (non-hydrogen) atoms. The molecule has 0 saturated carbocycles. The molecule has 4 rings (SSSR count). The minimum atomic E-state index is -3.71. The smallest absolute Gasteiger partial charge is 0.243 e. The maximum Gasteiger partial charge on any atom is 0.243 e. The van der Waals surface area contributed by atoms with Crippen molar-refractivity contribution in [2.24, 2.45) is 11.3 Å². The molecule has 0 amide bonds. The molecule has 0 bridgehead atoms. The molecule has 174 valence electrons. The molecule has 0 aromatic heterocycles. The van der Waals surface area contributed by atoms with Crippen molar-refractivity contribution in [2.45, 2.75) is 50.3 Å². The fourth-order valence-electron chi connectivity index (χ4n) is 5.07. The zero-order chi connectivity index (χ0) is 23.9. The standard InChI is InChI=1S/C27H31NO4S/c1-26(2,3)22-9-11-24(12-10-22)33(31,32)28-14-13-23-15-25(30)21(18-29)17-27(23,19-28)16-20-7-5-4-6-8-20/h4-12,15,18,21H,13-14,16-17,19H2,1-3H3/t21?,27-/m1/s1. The van der Waals surface area contributed by atoms with Crippen molar-refractivity contribution in [3.63, 3.8) is 0 Å². The number of hydrogen-bond donors (Lipinski definition) is 0. The van der Waals surface area contributed by atoms with Crippen LogP contribution < -0.4 is 0 Å². The van der Waals surface area contributed by atoms with E-state index >= 15 is 0 Å². The third kappa shape index (κ3) is 4.59. The predicted molar refractivity (Wildman–Crippen MR) is 128 cm³/mol. The van der Waals surface area contributed by atoms with Crippen molar-refractivity contribution in [1.82, 2.24) is 4.31 Å². The summed E-state index contributed by atoms with van der Waals surface area (Å²) in [5.41, 5.74) is 2.47. The Bertz CT molecular complexity index is 1180. The van der Waals surface area contributed by atoms with E-state index in [1.165, 1.54) is 4.31 Å². The number of hydrogen-bond acceptors (Lipinski definition) is 4. The fourth-order valence-corrected chi connectivity index (χ4v) is 6.60. The molecular formula is C27H31NO4S. The number of sulfonamides is 1. The van der Waals surface area contributed by atoms with Crippen molar-refractivity contribution in [3.8, 4) is 0 Å². The van der Waals surface area contributed by atoms with Crippen molar-refractivity contribution in [1.29, 1.82) is 0 Å². The van der Waals surface area contributed by atoms with E-state index in [9.17, 15) is 18.0 Å². The van der Waals surface area contributed by atoms with Crippen LogP contribution >= 0.6 is 0 Å². The predicted octanol–water partition coefficient (Wildman–Crippen LogP) is 4.32. The first-order valence-electron chi connectivity index (χ1n) is 11.4. The zero-order valence-electron chi connectivity index (χ0n) is 19.5. The molecule has 1 fully saturated rings. The van der Waals surface area contributed by atoms with Gasteiger partial charge in [0.1, 0.15) is 6.29 Å². The van der Waals surface area contributed by atoms with Crippen molar-refractivity contribution in [3.05, 3.63) is 77.4 Å². The number of allylic oxidation sites excluding steroid dienone is 1. The highest BCUT2D eigenvalue weighted by Crippen LogP contribution is 2.47. The van der Waals surface area contributed by atoms with Crippen molar-refractivity contribution >= 4 is 22.1 Å². The van der Waals surface area contributed by atoms with E-state index in [0.29, 0.717) is 32.1 Å². The van der Waals surface area contributed by atoms with E-state index < -0.39 is 21.4 Å². The average Bonchev–Trinajstić information content (AvgIpc) is 2.78. The lowest BCUT2D eigenvalue weighted by molar-refractivity contribution is -0.126. The van der Waals surface area contributed by atoms with Crippen LogP contribution in [0.3, 0.4) is 0 Å². The van der Waals surface area contributed by atoms with E-state index in [0.717, 1.165) is 16.7 Å². The van der Waals surface area contributed by atoms with Crippen LogP contribution in [0.4, 0.5) is 0 Å². The van der Waals surface area contributed by atoms with Crippen molar-refractivity contribution in [2.75, 3.05) is 13.1 Å². The van der Waals surface area contributed by atoms with Crippen LogP contribution in [0.25, 0.3) is 0 Å². The van der Waals surface area contributed by atoms with E-state index in [1.807, 2.05) is 42.5 Å². The number of fused-ring (bicyclic) bond motifs is 1. The Balaban J connectivity index is 1.70. The van der Waals surface area contributed by atoms with Crippen LogP contribution in [0.2, 0.25) is 0 Å². The number of aldehydes is 1. The molecule has 2 aliphatic rings. The first-order valence-corrected chi connectivity index (χ1v) is 12.8. The molecule has 1 heterocycles. The van der Waals surface area contributed by atoms with Gasteiger partial charge >= 0.3 is 0 Å². The minimum Gasteiger partial charge on any atom is -0.303 e. The summed E-state index contributed by atoms with van der Waals surface area (Å²) in [7, 11) is -3.71. The maximum absolute atomic E-state index is 13.6. The highest BCUT2D eigenvalue weighted by atomic mass is 32.2. The largest absolute Gasteiger partial charge is 0.303 e. The number of ketones is 1. The molecule has 1 saturated heterocycles. The minimum absolute atomic E-state index is 0.0642. The summed E-state index contributed by atoms with van der Waals surface area (Å²) < 4.78 is 28.7. The Morgan fingerprint density at radius 1 is 1.06 bits per heavy atom. The lowest BCUT2D eigenvalue weighted by Gasteiger charge is -2.47. The Hall–Kier alpha value is -2.57. The van der Waals surface area contributed by atoms with Crippen LogP contribution in [0, 0.1) is 11.3 Å². The number of carbonyl (C=O) groups excluding carboxylic acids is 2. The molecule has 5 nitrogen and oxygen atoms in total. The van der Waals surface area contributed by atoms with Gasteiger partial charge in [-0.1, -0.05) is 68.8 Å². The monoisotopic (exact) mass is 465 g/mol. The van der Waals surface area contributed by atoms with Crippen LogP contribution in [0.15, 0.2) is 71.1 Å². The highest BCUT2D eigenvalue weighted by Gasteiger charge is 2.47. The SMILES string of the molecule is CC(C)(C)c1ccc(S(=O)(=O)N2CCC3=CC(=O)C(C=O)C[C@]3(Cc3ccccc3)C2)cc1. The van der Waals surface area contributed by atoms with Gasteiger partial charge in [-0.05, 0) is 54.0 Å². The number of nitrogens with zero attached hydrogens (tertiary/aromatic N) is 1. The molecule has 2 aromatic carbocycles. The van der Waals surface area contributed by atoms with E-state index in [-0.39, 0.29) is 22.6 Å². The Kier molecular flexibility index (Phi) is 6.18. The highest BCUT2D eigenvalue weighted by molar-refractivity contribution is 7.89. The second kappa shape index (κ2) is 8.65. The second-order valence-corrected chi connectivity index (χ2v) is 12.3. The van der Waals surface area contributed by atoms with E-state index in [1.54, 1.807) is 18.2 Å². The van der Waals surface area contributed by atoms with Crippen LogP contribution in [0.1, 0.15) is 44.7 Å².